The third-order valence-electron chi connectivity index (χ3n) is 6.69. The first-order valence-electron chi connectivity index (χ1n) is 12.2. The zero-order valence-corrected chi connectivity index (χ0v) is 20.8. The second-order valence-electron chi connectivity index (χ2n) is 8.86. The van der Waals surface area contributed by atoms with Crippen LogP contribution in [-0.2, 0) is 0 Å². The molecule has 5 aromatic rings. The fourth-order valence-electron chi connectivity index (χ4n) is 4.86. The number of allylic oxidation sites excluding steroid dienone is 2. The molecule has 0 spiro atoms. The monoisotopic (exact) mass is 466 g/mol. The Hall–Kier alpha value is -4.56. The van der Waals surface area contributed by atoms with Gasteiger partial charge in [-0.15, -0.1) is 0 Å². The average molecular weight is 467 g/mol. The quantitative estimate of drug-likeness (QED) is 0.237. The molecule has 0 atom stereocenters. The molecule has 1 aromatic heterocycles. The molecule has 1 heterocycles. The van der Waals surface area contributed by atoms with Gasteiger partial charge in [-0.1, -0.05) is 92.1 Å². The van der Waals surface area contributed by atoms with Crippen LogP contribution in [-0.4, -0.2) is 11.6 Å². The maximum atomic E-state index is 3.99. The van der Waals surface area contributed by atoms with Crippen molar-refractivity contribution >= 4 is 28.7 Å². The topological polar surface area (TPSA) is 17.0 Å². The number of aryl methyl sites for hydroxylation is 1. The van der Waals surface area contributed by atoms with Crippen LogP contribution in [0.5, 0.6) is 0 Å². The van der Waals surface area contributed by atoms with Gasteiger partial charge in [-0.05, 0) is 71.1 Å². The van der Waals surface area contributed by atoms with E-state index in [2.05, 4.69) is 127 Å². The van der Waals surface area contributed by atoms with E-state index in [-0.39, 0.29) is 0 Å². The SMILES string of the molecule is C=C/C=C\c1c(C)cccc1-n1c(-c2ccccc2)cc2cc(-c3ccc(NC)c(C=C)c3)ccc21. The number of aromatic nitrogens is 1. The number of nitrogens with zero attached hydrogens (tertiary/aromatic N) is 1. The van der Waals surface area contributed by atoms with Crippen molar-refractivity contribution < 1.29 is 0 Å². The number of nitrogens with one attached hydrogen (secondary N) is 1. The Kier molecular flexibility index (Phi) is 6.42. The van der Waals surface area contributed by atoms with Crippen molar-refractivity contribution in [1.29, 1.82) is 0 Å². The minimum atomic E-state index is 1.08. The number of benzene rings is 4. The Morgan fingerprint density at radius 3 is 2.31 bits per heavy atom. The van der Waals surface area contributed by atoms with E-state index in [1.807, 2.05) is 25.3 Å². The van der Waals surface area contributed by atoms with Crippen molar-refractivity contribution in [3.63, 3.8) is 0 Å². The van der Waals surface area contributed by atoms with E-state index >= 15 is 0 Å². The van der Waals surface area contributed by atoms with E-state index in [1.54, 1.807) is 0 Å². The van der Waals surface area contributed by atoms with Gasteiger partial charge in [0.05, 0.1) is 16.9 Å². The zero-order chi connectivity index (χ0) is 25.1. The van der Waals surface area contributed by atoms with Gasteiger partial charge in [0.15, 0.2) is 0 Å². The predicted octanol–water partition coefficient (Wildman–Crippen LogP) is 9.16. The van der Waals surface area contributed by atoms with Crippen LogP contribution in [0.25, 0.3) is 51.1 Å². The largest absolute Gasteiger partial charge is 0.388 e. The lowest BCUT2D eigenvalue weighted by Crippen LogP contribution is -2.01. The van der Waals surface area contributed by atoms with Crippen LogP contribution in [0.3, 0.4) is 0 Å². The number of hydrogen-bond donors (Lipinski definition) is 1. The maximum Gasteiger partial charge on any atom is 0.0541 e. The van der Waals surface area contributed by atoms with E-state index in [4.69, 9.17) is 0 Å². The molecule has 0 aliphatic heterocycles. The van der Waals surface area contributed by atoms with Crippen LogP contribution < -0.4 is 5.32 Å². The minimum absolute atomic E-state index is 1.08. The molecular formula is C34H30N2. The zero-order valence-electron chi connectivity index (χ0n) is 20.8. The normalized spacial score (nSPS) is 11.2. The van der Waals surface area contributed by atoms with Crippen LogP contribution in [0.1, 0.15) is 16.7 Å². The first kappa shape index (κ1) is 23.2. The molecule has 2 heteroatoms. The fraction of sp³-hybridized carbons (Fsp3) is 0.0588. The molecule has 0 aliphatic carbocycles. The van der Waals surface area contributed by atoms with E-state index in [0.29, 0.717) is 0 Å². The van der Waals surface area contributed by atoms with Gasteiger partial charge in [0.25, 0.3) is 0 Å². The standard InChI is InChI=1S/C34H30N2/c1-5-7-15-30-24(3)12-11-16-33(30)36-32-20-18-28(27-17-19-31(35-4)25(6-2)21-27)22-29(32)23-34(36)26-13-9-8-10-14-26/h5-23,35H,1-2H2,3-4H3/b15-7-. The Balaban J connectivity index is 1.76. The van der Waals surface area contributed by atoms with Gasteiger partial charge >= 0.3 is 0 Å². The molecule has 4 aromatic carbocycles. The average Bonchev–Trinajstić information content (AvgIpc) is 3.31. The summed E-state index contributed by atoms with van der Waals surface area (Å²) < 4.78 is 2.38. The third-order valence-corrected chi connectivity index (χ3v) is 6.69. The second-order valence-corrected chi connectivity index (χ2v) is 8.86. The summed E-state index contributed by atoms with van der Waals surface area (Å²) in [5, 5.41) is 4.44. The van der Waals surface area contributed by atoms with Gasteiger partial charge in [-0.2, -0.15) is 0 Å². The molecule has 0 fully saturated rings. The molecule has 2 nitrogen and oxygen atoms in total. The highest BCUT2D eigenvalue weighted by Crippen LogP contribution is 2.36. The molecule has 36 heavy (non-hydrogen) atoms. The summed E-state index contributed by atoms with van der Waals surface area (Å²) in [6.45, 7) is 10.0. The molecule has 0 saturated carbocycles. The minimum Gasteiger partial charge on any atom is -0.388 e. The van der Waals surface area contributed by atoms with Crippen molar-refractivity contribution in [3.8, 4) is 28.1 Å². The molecule has 0 aliphatic rings. The van der Waals surface area contributed by atoms with Crippen molar-refractivity contribution in [2.24, 2.45) is 0 Å². The smallest absolute Gasteiger partial charge is 0.0541 e. The lowest BCUT2D eigenvalue weighted by molar-refractivity contribution is 1.12. The molecule has 0 amide bonds. The van der Waals surface area contributed by atoms with Gasteiger partial charge in [-0.3, -0.25) is 0 Å². The number of rotatable bonds is 7. The van der Waals surface area contributed by atoms with Gasteiger partial charge in [0, 0.05) is 23.7 Å². The van der Waals surface area contributed by atoms with E-state index in [1.165, 1.54) is 44.4 Å². The summed E-state index contributed by atoms with van der Waals surface area (Å²) in [5.41, 5.74) is 11.6. The molecular weight excluding hydrogens is 436 g/mol. The summed E-state index contributed by atoms with van der Waals surface area (Å²) in [6.07, 6.45) is 7.87. The number of fused-ring (bicyclic) bond motifs is 1. The van der Waals surface area contributed by atoms with Crippen molar-refractivity contribution in [1.82, 2.24) is 4.57 Å². The van der Waals surface area contributed by atoms with Gasteiger partial charge in [0.1, 0.15) is 0 Å². The van der Waals surface area contributed by atoms with E-state index in [9.17, 15) is 0 Å². The number of anilines is 1. The summed E-state index contributed by atoms with van der Waals surface area (Å²) in [5.74, 6) is 0. The summed E-state index contributed by atoms with van der Waals surface area (Å²) in [7, 11) is 1.94. The first-order chi connectivity index (χ1) is 17.6. The first-order valence-corrected chi connectivity index (χ1v) is 12.2. The van der Waals surface area contributed by atoms with Crippen LogP contribution in [0.2, 0.25) is 0 Å². The van der Waals surface area contributed by atoms with Crippen LogP contribution >= 0.6 is 0 Å². The Morgan fingerprint density at radius 2 is 1.56 bits per heavy atom. The highest BCUT2D eigenvalue weighted by molar-refractivity contribution is 5.93. The number of hydrogen-bond acceptors (Lipinski definition) is 1. The lowest BCUT2D eigenvalue weighted by Gasteiger charge is -2.16. The Bertz CT molecular complexity index is 1600. The molecule has 1 N–H and O–H groups in total. The van der Waals surface area contributed by atoms with Gasteiger partial charge in [-0.25, -0.2) is 0 Å². The maximum absolute atomic E-state index is 3.99. The molecule has 176 valence electrons. The molecule has 0 radical (unpaired) electrons. The van der Waals surface area contributed by atoms with Crippen molar-refractivity contribution in [3.05, 3.63) is 133 Å². The Morgan fingerprint density at radius 1 is 0.778 bits per heavy atom. The lowest BCUT2D eigenvalue weighted by atomic mass is 10.0. The van der Waals surface area contributed by atoms with E-state index < -0.39 is 0 Å². The Labute approximate surface area is 213 Å². The molecule has 0 unspecified atom stereocenters. The predicted molar refractivity (Wildman–Crippen MR) is 158 cm³/mol. The second kappa shape index (κ2) is 9.97. The molecule has 0 bridgehead atoms. The molecule has 5 rings (SSSR count). The van der Waals surface area contributed by atoms with Crippen molar-refractivity contribution in [2.75, 3.05) is 12.4 Å². The van der Waals surface area contributed by atoms with Crippen molar-refractivity contribution in [2.45, 2.75) is 6.92 Å². The van der Waals surface area contributed by atoms with Crippen LogP contribution in [0.4, 0.5) is 5.69 Å². The summed E-state index contributed by atoms with van der Waals surface area (Å²) >= 11 is 0. The summed E-state index contributed by atoms with van der Waals surface area (Å²) in [6, 6.07) is 32.6. The van der Waals surface area contributed by atoms with Crippen LogP contribution in [0.15, 0.2) is 116 Å². The highest BCUT2D eigenvalue weighted by atomic mass is 15.0. The summed E-state index contributed by atoms with van der Waals surface area (Å²) in [4.78, 5) is 0. The highest BCUT2D eigenvalue weighted by Gasteiger charge is 2.16. The van der Waals surface area contributed by atoms with Gasteiger partial charge in [0.2, 0.25) is 0 Å². The van der Waals surface area contributed by atoms with E-state index in [0.717, 1.165) is 16.9 Å². The third kappa shape index (κ3) is 4.18. The van der Waals surface area contributed by atoms with Gasteiger partial charge < -0.3 is 9.88 Å². The van der Waals surface area contributed by atoms with Crippen LogP contribution in [0, 0.1) is 6.92 Å². The fourth-order valence-corrected chi connectivity index (χ4v) is 4.86. The molecule has 0 saturated heterocycles.